The number of rotatable bonds is 2. The first-order valence-electron chi connectivity index (χ1n) is 12.3. The Labute approximate surface area is 196 Å². The smallest absolute Gasteiger partial charge is 0.265 e. The predicted octanol–water partition coefficient (Wildman–Crippen LogP) is 2.09. The van der Waals surface area contributed by atoms with E-state index in [1.54, 1.807) is 4.90 Å². The molecule has 8 nitrogen and oxygen atoms in total. The summed E-state index contributed by atoms with van der Waals surface area (Å²) < 4.78 is 5.56. The van der Waals surface area contributed by atoms with E-state index in [0.717, 1.165) is 44.3 Å². The van der Waals surface area contributed by atoms with Gasteiger partial charge < -0.3 is 15.0 Å². The van der Waals surface area contributed by atoms with Crippen LogP contribution in [0.1, 0.15) is 50.5 Å². The molecule has 1 N–H and O–H groups in total. The second kappa shape index (κ2) is 11.0. The van der Waals surface area contributed by atoms with Crippen molar-refractivity contribution in [3.63, 3.8) is 0 Å². The minimum Gasteiger partial charge on any atom is -0.482 e. The van der Waals surface area contributed by atoms with Crippen molar-refractivity contribution in [3.8, 4) is 5.75 Å². The molecule has 0 aliphatic carbocycles. The number of hydrogen-bond acceptors (Lipinski definition) is 5. The van der Waals surface area contributed by atoms with Crippen molar-refractivity contribution in [2.75, 3.05) is 50.8 Å². The summed E-state index contributed by atoms with van der Waals surface area (Å²) in [5.74, 6) is 0.557. The van der Waals surface area contributed by atoms with Crippen LogP contribution in [0.4, 0.5) is 5.69 Å². The number of nitrogens with one attached hydrogen (secondary N) is 1. The van der Waals surface area contributed by atoms with Gasteiger partial charge in [0.25, 0.3) is 5.91 Å². The Bertz CT molecular complexity index is 874. The van der Waals surface area contributed by atoms with E-state index in [-0.39, 0.29) is 30.9 Å². The van der Waals surface area contributed by atoms with Crippen molar-refractivity contribution in [2.45, 2.75) is 57.9 Å². The van der Waals surface area contributed by atoms with Crippen molar-refractivity contribution in [2.24, 2.45) is 0 Å². The van der Waals surface area contributed by atoms with Crippen molar-refractivity contribution in [1.82, 2.24) is 15.1 Å². The van der Waals surface area contributed by atoms with Crippen LogP contribution >= 0.6 is 0 Å². The fraction of sp³-hybridized carbons (Fsp3) is 0.640. The molecule has 0 radical (unpaired) electrons. The van der Waals surface area contributed by atoms with Gasteiger partial charge >= 0.3 is 0 Å². The van der Waals surface area contributed by atoms with Crippen LogP contribution in [0.25, 0.3) is 0 Å². The van der Waals surface area contributed by atoms with Gasteiger partial charge in [-0.15, -0.1) is 0 Å². The Hall–Kier alpha value is -2.61. The number of aryl methyl sites for hydroxylation is 1. The number of piperidine rings is 1. The molecule has 0 spiro atoms. The summed E-state index contributed by atoms with van der Waals surface area (Å²) in [5.41, 5.74) is 1.69. The summed E-state index contributed by atoms with van der Waals surface area (Å²) in [7, 11) is 0. The van der Waals surface area contributed by atoms with E-state index in [9.17, 15) is 14.4 Å². The zero-order valence-electron chi connectivity index (χ0n) is 19.7. The highest BCUT2D eigenvalue weighted by Crippen LogP contribution is 2.32. The lowest BCUT2D eigenvalue weighted by atomic mass is 9.98. The molecule has 1 unspecified atom stereocenters. The van der Waals surface area contributed by atoms with Crippen molar-refractivity contribution in [1.29, 1.82) is 0 Å². The van der Waals surface area contributed by atoms with E-state index in [4.69, 9.17) is 4.74 Å². The molecule has 3 aliphatic rings. The molecule has 180 valence electrons. The average Bonchev–Trinajstić information content (AvgIpc) is 2.81. The van der Waals surface area contributed by atoms with E-state index >= 15 is 0 Å². The highest BCUT2D eigenvalue weighted by atomic mass is 16.5. The number of amides is 3. The van der Waals surface area contributed by atoms with Crippen molar-refractivity contribution >= 4 is 23.4 Å². The lowest BCUT2D eigenvalue weighted by Gasteiger charge is -2.36. The number of carbonyl (C=O) groups excluding carboxylic acids is 3. The summed E-state index contributed by atoms with van der Waals surface area (Å²) in [6.07, 6.45) is 6.51. The van der Waals surface area contributed by atoms with E-state index in [1.165, 1.54) is 12.8 Å². The van der Waals surface area contributed by atoms with Crippen LogP contribution in [0.5, 0.6) is 5.75 Å². The summed E-state index contributed by atoms with van der Waals surface area (Å²) >= 11 is 0. The summed E-state index contributed by atoms with van der Waals surface area (Å²) in [6.45, 7) is 5.80. The molecule has 0 saturated carbocycles. The molecule has 3 heterocycles. The Morgan fingerprint density at radius 1 is 1.06 bits per heavy atom. The SMILES string of the molecule is Cc1ccc2c(c1)N(CC(=O)N1CCCCNC(=O)CC3CCCCN3CCC1)C(=O)CO2. The van der Waals surface area contributed by atoms with Gasteiger partial charge in [-0.05, 0) is 63.3 Å². The summed E-state index contributed by atoms with van der Waals surface area (Å²) in [6, 6.07) is 6.00. The molecule has 1 aromatic rings. The summed E-state index contributed by atoms with van der Waals surface area (Å²) in [4.78, 5) is 44.2. The lowest BCUT2D eigenvalue weighted by molar-refractivity contribution is -0.132. The van der Waals surface area contributed by atoms with Crippen LogP contribution in [-0.4, -0.2) is 79.4 Å². The first kappa shape index (κ1) is 23.5. The van der Waals surface area contributed by atoms with Crippen LogP contribution in [0, 0.1) is 6.92 Å². The zero-order chi connectivity index (χ0) is 23.2. The fourth-order valence-electron chi connectivity index (χ4n) is 5.07. The van der Waals surface area contributed by atoms with Gasteiger partial charge in [0, 0.05) is 38.6 Å². The number of fused-ring (bicyclic) bond motifs is 2. The van der Waals surface area contributed by atoms with E-state index in [2.05, 4.69) is 10.2 Å². The second-order valence-electron chi connectivity index (χ2n) is 9.42. The van der Waals surface area contributed by atoms with Crippen molar-refractivity contribution in [3.05, 3.63) is 23.8 Å². The highest BCUT2D eigenvalue weighted by molar-refractivity contribution is 6.02. The normalized spacial score (nSPS) is 23.2. The Morgan fingerprint density at radius 2 is 1.85 bits per heavy atom. The quantitative estimate of drug-likeness (QED) is 0.737. The lowest BCUT2D eigenvalue weighted by Crippen LogP contribution is -2.47. The average molecular weight is 457 g/mol. The molecular weight excluding hydrogens is 420 g/mol. The topological polar surface area (TPSA) is 82.2 Å². The fourth-order valence-corrected chi connectivity index (χ4v) is 5.07. The number of nitrogens with zero attached hydrogens (tertiary/aromatic N) is 3. The van der Waals surface area contributed by atoms with E-state index in [1.807, 2.05) is 30.0 Å². The molecule has 0 bridgehead atoms. The molecule has 1 aromatic carbocycles. The first-order chi connectivity index (χ1) is 16.0. The highest BCUT2D eigenvalue weighted by Gasteiger charge is 2.30. The van der Waals surface area contributed by atoms with Gasteiger partial charge in [0.1, 0.15) is 12.3 Å². The van der Waals surface area contributed by atoms with Crippen LogP contribution in [0.2, 0.25) is 0 Å². The third kappa shape index (κ3) is 6.05. The standard InChI is InChI=1S/C25H36N4O4/c1-19-8-9-22-21(15-19)29(25(32)18-33-22)17-24(31)28-12-5-3-10-26-23(30)16-20-7-2-4-11-27(20)13-6-14-28/h8-9,15,20H,2-7,10-14,16-18H2,1H3,(H,26,30). The van der Waals surface area contributed by atoms with E-state index in [0.29, 0.717) is 43.5 Å². The van der Waals surface area contributed by atoms with Crippen LogP contribution in [0.3, 0.4) is 0 Å². The Kier molecular flexibility index (Phi) is 7.85. The molecule has 33 heavy (non-hydrogen) atoms. The van der Waals surface area contributed by atoms with Gasteiger partial charge in [-0.25, -0.2) is 0 Å². The molecule has 3 aliphatic heterocycles. The Balaban J connectivity index is 1.43. The van der Waals surface area contributed by atoms with E-state index < -0.39 is 0 Å². The maximum absolute atomic E-state index is 13.3. The monoisotopic (exact) mass is 456 g/mol. The van der Waals surface area contributed by atoms with Crippen LogP contribution in [-0.2, 0) is 14.4 Å². The van der Waals surface area contributed by atoms with Gasteiger partial charge in [0.05, 0.1) is 5.69 Å². The molecule has 2 fully saturated rings. The largest absolute Gasteiger partial charge is 0.482 e. The molecule has 0 aromatic heterocycles. The maximum atomic E-state index is 13.3. The van der Waals surface area contributed by atoms with Crippen LogP contribution in [0.15, 0.2) is 18.2 Å². The predicted molar refractivity (Wildman–Crippen MR) is 126 cm³/mol. The molecule has 3 amide bonds. The third-order valence-corrected chi connectivity index (χ3v) is 6.92. The minimum absolute atomic E-state index is 0.0295. The van der Waals surface area contributed by atoms with Gasteiger partial charge in [-0.1, -0.05) is 12.5 Å². The van der Waals surface area contributed by atoms with Gasteiger partial charge in [0.15, 0.2) is 6.61 Å². The zero-order valence-corrected chi connectivity index (χ0v) is 19.7. The molecule has 8 heteroatoms. The Morgan fingerprint density at radius 3 is 2.73 bits per heavy atom. The molecule has 2 saturated heterocycles. The number of carbonyl (C=O) groups is 3. The van der Waals surface area contributed by atoms with Gasteiger partial charge in [-0.2, -0.15) is 0 Å². The maximum Gasteiger partial charge on any atom is 0.265 e. The molecular formula is C25H36N4O4. The summed E-state index contributed by atoms with van der Waals surface area (Å²) in [5, 5.41) is 3.05. The second-order valence-corrected chi connectivity index (χ2v) is 9.42. The van der Waals surface area contributed by atoms with Crippen molar-refractivity contribution < 1.29 is 19.1 Å². The number of benzene rings is 1. The molecule has 1 atom stereocenters. The number of ether oxygens (including phenoxy) is 1. The first-order valence-corrected chi connectivity index (χ1v) is 12.3. The minimum atomic E-state index is -0.189. The van der Waals surface area contributed by atoms with Gasteiger partial charge in [0.2, 0.25) is 11.8 Å². The third-order valence-electron chi connectivity index (χ3n) is 6.92. The van der Waals surface area contributed by atoms with Crippen LogP contribution < -0.4 is 15.0 Å². The molecule has 4 rings (SSSR count). The van der Waals surface area contributed by atoms with Gasteiger partial charge in [-0.3, -0.25) is 24.2 Å². The number of anilines is 1. The number of hydrogen-bond donors (Lipinski definition) is 1.